The fraction of sp³-hybridized carbons (Fsp3) is 0.538. The van der Waals surface area contributed by atoms with Gasteiger partial charge >= 0.3 is 0 Å². The zero-order valence-corrected chi connectivity index (χ0v) is 11.0. The molecule has 0 aliphatic carbocycles. The molecule has 5 nitrogen and oxygen atoms in total. The van der Waals surface area contributed by atoms with Gasteiger partial charge in [0, 0.05) is 0 Å². The molecule has 0 bridgehead atoms. The van der Waals surface area contributed by atoms with Crippen molar-refractivity contribution < 1.29 is 9.84 Å². The van der Waals surface area contributed by atoms with Gasteiger partial charge in [0.2, 0.25) is 0 Å². The molecule has 1 aromatic rings. The highest BCUT2D eigenvalue weighted by atomic mass is 16.5. The van der Waals surface area contributed by atoms with Crippen LogP contribution in [0.4, 0.5) is 0 Å². The van der Waals surface area contributed by atoms with Crippen LogP contribution in [0, 0.1) is 0 Å². The average molecular weight is 251 g/mol. The van der Waals surface area contributed by atoms with Gasteiger partial charge in [-0.25, -0.2) is 0 Å². The first-order valence-corrected chi connectivity index (χ1v) is 6.01. The fourth-order valence-electron chi connectivity index (χ4n) is 1.53. The van der Waals surface area contributed by atoms with Crippen molar-refractivity contribution in [3.8, 4) is 5.75 Å². The van der Waals surface area contributed by atoms with Gasteiger partial charge in [-0.2, -0.15) is 10.2 Å². The molecule has 100 valence electrons. The number of ether oxygens (including phenoxy) is 1. The molecule has 0 aliphatic rings. The third kappa shape index (κ3) is 5.25. The Labute approximate surface area is 108 Å². The van der Waals surface area contributed by atoms with Crippen LogP contribution in [0.2, 0.25) is 0 Å². The molecule has 1 atom stereocenters. The average Bonchev–Trinajstić information content (AvgIpc) is 2.36. The summed E-state index contributed by atoms with van der Waals surface area (Å²) < 4.78 is 5.12. The number of benzene rings is 1. The Kier molecular flexibility index (Phi) is 5.74. The molecule has 0 heterocycles. The van der Waals surface area contributed by atoms with Gasteiger partial charge in [-0.05, 0) is 44.0 Å². The number of azo groups is 1. The summed E-state index contributed by atoms with van der Waals surface area (Å²) >= 11 is 0. The second kappa shape index (κ2) is 7.08. The number of methoxy groups -OCH3 is 1. The lowest BCUT2D eigenvalue weighted by Gasteiger charge is -2.15. The molecule has 1 rings (SSSR count). The second-order valence-corrected chi connectivity index (χ2v) is 4.36. The van der Waals surface area contributed by atoms with E-state index in [1.165, 1.54) is 0 Å². The molecule has 0 saturated heterocycles. The molecule has 1 aromatic carbocycles. The number of hydrogen-bond acceptors (Lipinski definition) is 5. The third-order valence-electron chi connectivity index (χ3n) is 2.53. The van der Waals surface area contributed by atoms with Crippen molar-refractivity contribution in [3.05, 3.63) is 29.8 Å². The van der Waals surface area contributed by atoms with Crippen LogP contribution in [0.5, 0.6) is 5.75 Å². The SMILES string of the molecule is COc1cccc(C/N=N/C(C)(O)CCCN)c1. The molecule has 0 spiro atoms. The standard InChI is InChI=1S/C13H21N3O2/c1-13(17,7-4-8-14)16-15-10-11-5-3-6-12(9-11)18-2/h3,5-6,9,17H,4,7-8,10,14H2,1-2H3/b16-15+. The van der Waals surface area contributed by atoms with Gasteiger partial charge in [-0.15, -0.1) is 0 Å². The van der Waals surface area contributed by atoms with Crippen LogP contribution in [0.15, 0.2) is 34.5 Å². The fourth-order valence-corrected chi connectivity index (χ4v) is 1.53. The molecule has 0 aliphatic heterocycles. The minimum atomic E-state index is -1.13. The van der Waals surface area contributed by atoms with Crippen molar-refractivity contribution in [2.24, 2.45) is 16.0 Å². The van der Waals surface area contributed by atoms with E-state index in [9.17, 15) is 5.11 Å². The van der Waals surface area contributed by atoms with Crippen LogP contribution in [0.3, 0.4) is 0 Å². The van der Waals surface area contributed by atoms with E-state index in [1.54, 1.807) is 14.0 Å². The molecule has 5 heteroatoms. The van der Waals surface area contributed by atoms with Crippen molar-refractivity contribution in [2.75, 3.05) is 13.7 Å². The lowest BCUT2D eigenvalue weighted by atomic mass is 10.1. The first kappa shape index (κ1) is 14.6. The predicted molar refractivity (Wildman–Crippen MR) is 70.5 cm³/mol. The molecule has 18 heavy (non-hydrogen) atoms. The van der Waals surface area contributed by atoms with E-state index < -0.39 is 5.72 Å². The highest BCUT2D eigenvalue weighted by molar-refractivity contribution is 5.28. The number of hydrogen-bond donors (Lipinski definition) is 2. The minimum absolute atomic E-state index is 0.427. The summed E-state index contributed by atoms with van der Waals surface area (Å²) in [4.78, 5) is 0. The molecular formula is C13H21N3O2. The highest BCUT2D eigenvalue weighted by Gasteiger charge is 2.17. The molecular weight excluding hydrogens is 230 g/mol. The smallest absolute Gasteiger partial charge is 0.173 e. The van der Waals surface area contributed by atoms with E-state index in [1.807, 2.05) is 24.3 Å². The summed E-state index contributed by atoms with van der Waals surface area (Å²) in [7, 11) is 1.62. The topological polar surface area (TPSA) is 80.2 Å². The first-order chi connectivity index (χ1) is 8.57. The van der Waals surface area contributed by atoms with Crippen molar-refractivity contribution in [3.63, 3.8) is 0 Å². The normalized spacial score (nSPS) is 14.7. The first-order valence-electron chi connectivity index (χ1n) is 6.01. The van der Waals surface area contributed by atoms with Crippen molar-refractivity contribution >= 4 is 0 Å². The Balaban J connectivity index is 2.52. The van der Waals surface area contributed by atoms with Gasteiger partial charge in [-0.3, -0.25) is 0 Å². The van der Waals surface area contributed by atoms with E-state index in [2.05, 4.69) is 10.2 Å². The summed E-state index contributed by atoms with van der Waals surface area (Å²) in [5.74, 6) is 0.789. The van der Waals surface area contributed by atoms with Crippen LogP contribution in [0.25, 0.3) is 0 Å². The molecule has 1 unspecified atom stereocenters. The van der Waals surface area contributed by atoms with Crippen molar-refractivity contribution in [1.29, 1.82) is 0 Å². The maximum atomic E-state index is 9.88. The number of rotatable bonds is 7. The van der Waals surface area contributed by atoms with Crippen molar-refractivity contribution in [1.82, 2.24) is 0 Å². The Hall–Kier alpha value is -1.46. The minimum Gasteiger partial charge on any atom is -0.497 e. The maximum absolute atomic E-state index is 9.88. The number of nitrogens with two attached hydrogens (primary N) is 1. The Morgan fingerprint density at radius 2 is 2.22 bits per heavy atom. The molecule has 0 aromatic heterocycles. The second-order valence-electron chi connectivity index (χ2n) is 4.36. The summed E-state index contributed by atoms with van der Waals surface area (Å²) in [6.07, 6.45) is 1.25. The van der Waals surface area contributed by atoms with Crippen LogP contribution >= 0.6 is 0 Å². The van der Waals surface area contributed by atoms with Gasteiger partial charge < -0.3 is 15.6 Å². The van der Waals surface area contributed by atoms with E-state index in [-0.39, 0.29) is 0 Å². The van der Waals surface area contributed by atoms with Crippen LogP contribution in [-0.2, 0) is 6.54 Å². The van der Waals surface area contributed by atoms with Gasteiger partial charge in [0.05, 0.1) is 13.7 Å². The molecule has 3 N–H and O–H groups in total. The Bertz CT molecular complexity index is 392. The van der Waals surface area contributed by atoms with Gasteiger partial charge in [0.25, 0.3) is 0 Å². The zero-order valence-electron chi connectivity index (χ0n) is 11.0. The van der Waals surface area contributed by atoms with E-state index in [0.29, 0.717) is 19.5 Å². The van der Waals surface area contributed by atoms with Crippen molar-refractivity contribution in [2.45, 2.75) is 32.0 Å². The molecule has 0 fully saturated rings. The lowest BCUT2D eigenvalue weighted by Crippen LogP contribution is -2.21. The molecule has 0 amide bonds. The highest BCUT2D eigenvalue weighted by Crippen LogP contribution is 2.16. The monoisotopic (exact) mass is 251 g/mol. The molecule has 0 radical (unpaired) electrons. The quantitative estimate of drug-likeness (QED) is 0.728. The van der Waals surface area contributed by atoms with Gasteiger partial charge in [0.1, 0.15) is 5.75 Å². The Morgan fingerprint density at radius 1 is 1.44 bits per heavy atom. The Morgan fingerprint density at radius 3 is 2.89 bits per heavy atom. The van der Waals surface area contributed by atoms with Gasteiger partial charge in [-0.1, -0.05) is 12.1 Å². The number of aliphatic hydroxyl groups is 1. The van der Waals surface area contributed by atoms with Crippen LogP contribution in [-0.4, -0.2) is 24.5 Å². The number of nitrogens with zero attached hydrogens (tertiary/aromatic N) is 2. The summed E-state index contributed by atoms with van der Waals surface area (Å²) in [5.41, 5.74) is 5.26. The third-order valence-corrected chi connectivity index (χ3v) is 2.53. The van der Waals surface area contributed by atoms with Crippen LogP contribution in [0.1, 0.15) is 25.3 Å². The van der Waals surface area contributed by atoms with Gasteiger partial charge in [0.15, 0.2) is 5.72 Å². The van der Waals surface area contributed by atoms with Crippen LogP contribution < -0.4 is 10.5 Å². The summed E-state index contributed by atoms with van der Waals surface area (Å²) in [5, 5.41) is 17.8. The van der Waals surface area contributed by atoms with E-state index in [4.69, 9.17) is 10.5 Å². The lowest BCUT2D eigenvalue weighted by molar-refractivity contribution is 0.0503. The summed E-state index contributed by atoms with van der Waals surface area (Å²) in [6, 6.07) is 7.61. The largest absolute Gasteiger partial charge is 0.497 e. The zero-order chi connectivity index (χ0) is 13.4. The maximum Gasteiger partial charge on any atom is 0.173 e. The summed E-state index contributed by atoms with van der Waals surface area (Å²) in [6.45, 7) is 2.61. The molecule has 0 saturated carbocycles. The predicted octanol–water partition coefficient (Wildman–Crippen LogP) is 2.09. The van der Waals surface area contributed by atoms with E-state index in [0.717, 1.165) is 17.7 Å². The van der Waals surface area contributed by atoms with E-state index >= 15 is 0 Å².